The van der Waals surface area contributed by atoms with E-state index < -0.39 is 38.3 Å². The molecular weight excluding hydrogens is 325 g/mol. The van der Waals surface area contributed by atoms with E-state index in [9.17, 15) is 26.4 Å². The summed E-state index contributed by atoms with van der Waals surface area (Å²) in [6, 6.07) is 1.38. The average molecular weight is 336 g/mol. The third kappa shape index (κ3) is 2.65. The highest BCUT2D eigenvalue weighted by Gasteiger charge is 2.33. The van der Waals surface area contributed by atoms with Crippen LogP contribution in [-0.2, 0) is 20.8 Å². The Bertz CT molecular complexity index is 840. The third-order valence-corrected chi connectivity index (χ3v) is 4.70. The first kappa shape index (κ1) is 16.3. The summed E-state index contributed by atoms with van der Waals surface area (Å²) in [5, 5.41) is -0.481. The van der Waals surface area contributed by atoms with Crippen LogP contribution in [0.25, 0.3) is 5.65 Å². The summed E-state index contributed by atoms with van der Waals surface area (Å²) >= 11 is 0. The SMILES string of the molecule is CCS(=O)(=O)c1c(C(=O)OC)nc2cc(C(F)(F)F)ccn12. The molecule has 22 heavy (non-hydrogen) atoms. The molecule has 0 aromatic carbocycles. The zero-order valence-electron chi connectivity index (χ0n) is 11.5. The predicted octanol–water partition coefficient (Wildman–Crippen LogP) is 1.93. The van der Waals surface area contributed by atoms with E-state index in [2.05, 4.69) is 9.72 Å². The van der Waals surface area contributed by atoms with Gasteiger partial charge in [0.2, 0.25) is 0 Å². The Morgan fingerprint density at radius 3 is 2.55 bits per heavy atom. The molecule has 6 nitrogen and oxygen atoms in total. The van der Waals surface area contributed by atoms with Crippen molar-refractivity contribution in [3.63, 3.8) is 0 Å². The fraction of sp³-hybridized carbons (Fsp3) is 0.333. The highest BCUT2D eigenvalue weighted by Crippen LogP contribution is 2.31. The van der Waals surface area contributed by atoms with Gasteiger partial charge >= 0.3 is 12.1 Å². The maximum Gasteiger partial charge on any atom is 0.416 e. The monoisotopic (exact) mass is 336 g/mol. The molecule has 2 aromatic rings. The average Bonchev–Trinajstić information content (AvgIpc) is 2.84. The smallest absolute Gasteiger partial charge is 0.416 e. The van der Waals surface area contributed by atoms with Gasteiger partial charge in [-0.05, 0) is 12.1 Å². The van der Waals surface area contributed by atoms with Gasteiger partial charge in [0.15, 0.2) is 20.6 Å². The van der Waals surface area contributed by atoms with Crippen molar-refractivity contribution in [3.05, 3.63) is 29.6 Å². The second-order valence-corrected chi connectivity index (χ2v) is 6.50. The Hall–Kier alpha value is -2.10. The van der Waals surface area contributed by atoms with Gasteiger partial charge in [-0.15, -0.1) is 0 Å². The normalized spacial score (nSPS) is 12.6. The molecule has 0 spiro atoms. The van der Waals surface area contributed by atoms with E-state index in [0.29, 0.717) is 12.1 Å². The number of alkyl halides is 3. The van der Waals surface area contributed by atoms with Gasteiger partial charge in [-0.3, -0.25) is 4.40 Å². The van der Waals surface area contributed by atoms with E-state index in [1.54, 1.807) is 0 Å². The highest BCUT2D eigenvalue weighted by atomic mass is 32.2. The number of hydrogen-bond acceptors (Lipinski definition) is 5. The number of aromatic nitrogens is 2. The Kier molecular flexibility index (Phi) is 3.90. The standard InChI is InChI=1S/C12H11F3N2O4S/c1-3-22(19,20)10-9(11(18)21-2)16-8-6-7(12(13,14)15)4-5-17(8)10/h4-6H,3H2,1-2H3. The molecule has 0 aliphatic rings. The van der Waals surface area contributed by atoms with Crippen molar-refractivity contribution in [2.24, 2.45) is 0 Å². The predicted molar refractivity (Wildman–Crippen MR) is 69.3 cm³/mol. The summed E-state index contributed by atoms with van der Waals surface area (Å²) in [6.07, 6.45) is -3.69. The van der Waals surface area contributed by atoms with Crippen LogP contribution in [-0.4, -0.2) is 36.6 Å². The number of rotatable bonds is 3. The summed E-state index contributed by atoms with van der Waals surface area (Å²) < 4.78 is 67.7. The van der Waals surface area contributed by atoms with Crippen LogP contribution in [0.1, 0.15) is 23.0 Å². The minimum Gasteiger partial charge on any atom is -0.464 e. The van der Waals surface area contributed by atoms with E-state index >= 15 is 0 Å². The second-order valence-electron chi connectivity index (χ2n) is 4.30. The van der Waals surface area contributed by atoms with Crippen molar-refractivity contribution in [2.45, 2.75) is 18.1 Å². The fourth-order valence-corrected chi connectivity index (χ4v) is 3.01. The van der Waals surface area contributed by atoms with Crippen LogP contribution >= 0.6 is 0 Å². The van der Waals surface area contributed by atoms with Crippen LogP contribution in [0.4, 0.5) is 13.2 Å². The van der Waals surface area contributed by atoms with E-state index in [4.69, 9.17) is 0 Å². The molecule has 0 aliphatic carbocycles. The first-order chi connectivity index (χ1) is 10.1. The van der Waals surface area contributed by atoms with Crippen molar-refractivity contribution >= 4 is 21.5 Å². The third-order valence-electron chi connectivity index (χ3n) is 2.96. The number of esters is 1. The van der Waals surface area contributed by atoms with Crippen molar-refractivity contribution in [3.8, 4) is 0 Å². The number of nitrogens with zero attached hydrogens (tertiary/aromatic N) is 2. The van der Waals surface area contributed by atoms with Gasteiger partial charge in [-0.1, -0.05) is 6.92 Å². The largest absolute Gasteiger partial charge is 0.464 e. The number of methoxy groups -OCH3 is 1. The van der Waals surface area contributed by atoms with Gasteiger partial charge < -0.3 is 4.74 Å². The molecule has 0 bridgehead atoms. The van der Waals surface area contributed by atoms with Crippen LogP contribution in [0.15, 0.2) is 23.4 Å². The fourth-order valence-electron chi connectivity index (χ4n) is 1.86. The van der Waals surface area contributed by atoms with Crippen LogP contribution in [0, 0.1) is 0 Å². The minimum atomic E-state index is -4.61. The van der Waals surface area contributed by atoms with E-state index in [1.807, 2.05) is 0 Å². The molecule has 0 unspecified atom stereocenters. The molecule has 0 aliphatic heterocycles. The Morgan fingerprint density at radius 2 is 2.05 bits per heavy atom. The summed E-state index contributed by atoms with van der Waals surface area (Å²) in [5.74, 6) is -1.38. The molecule has 0 amide bonds. The molecule has 2 rings (SSSR count). The highest BCUT2D eigenvalue weighted by molar-refractivity contribution is 7.91. The van der Waals surface area contributed by atoms with E-state index in [-0.39, 0.29) is 11.4 Å². The Morgan fingerprint density at radius 1 is 1.41 bits per heavy atom. The molecule has 0 atom stereocenters. The first-order valence-corrected chi connectivity index (χ1v) is 7.67. The first-order valence-electron chi connectivity index (χ1n) is 6.02. The maximum absolute atomic E-state index is 12.7. The number of halogens is 3. The number of sulfone groups is 1. The van der Waals surface area contributed by atoms with E-state index in [0.717, 1.165) is 17.7 Å². The lowest BCUT2D eigenvalue weighted by atomic mass is 10.2. The lowest BCUT2D eigenvalue weighted by Gasteiger charge is -2.07. The molecule has 0 saturated carbocycles. The van der Waals surface area contributed by atoms with Gasteiger partial charge in [-0.25, -0.2) is 18.2 Å². The van der Waals surface area contributed by atoms with Gasteiger partial charge in [0.05, 0.1) is 18.4 Å². The molecule has 120 valence electrons. The van der Waals surface area contributed by atoms with Gasteiger partial charge in [0.1, 0.15) is 5.65 Å². The number of carbonyl (C=O) groups is 1. The molecule has 2 heterocycles. The molecule has 0 N–H and O–H groups in total. The van der Waals surface area contributed by atoms with Crippen molar-refractivity contribution in [1.82, 2.24) is 9.38 Å². The van der Waals surface area contributed by atoms with Crippen LogP contribution in [0.3, 0.4) is 0 Å². The van der Waals surface area contributed by atoms with Gasteiger partial charge in [0, 0.05) is 6.20 Å². The van der Waals surface area contributed by atoms with Gasteiger partial charge in [-0.2, -0.15) is 13.2 Å². The number of carbonyl (C=O) groups excluding carboxylic acids is 1. The summed E-state index contributed by atoms with van der Waals surface area (Å²) in [7, 11) is -2.87. The van der Waals surface area contributed by atoms with Crippen LogP contribution in [0.2, 0.25) is 0 Å². The maximum atomic E-state index is 12.7. The Labute approximate surface area is 123 Å². The number of ether oxygens (including phenoxy) is 1. The van der Waals surface area contributed by atoms with Crippen LogP contribution in [0.5, 0.6) is 0 Å². The van der Waals surface area contributed by atoms with Crippen LogP contribution < -0.4 is 0 Å². The minimum absolute atomic E-state index is 0.303. The zero-order chi connectivity index (χ0) is 16.7. The lowest BCUT2D eigenvalue weighted by Crippen LogP contribution is -2.14. The number of hydrogen-bond donors (Lipinski definition) is 0. The van der Waals surface area contributed by atoms with Gasteiger partial charge in [0.25, 0.3) is 0 Å². The topological polar surface area (TPSA) is 77.7 Å². The Balaban J connectivity index is 2.83. The molecule has 10 heteroatoms. The molecule has 2 aromatic heterocycles. The lowest BCUT2D eigenvalue weighted by molar-refractivity contribution is -0.137. The zero-order valence-corrected chi connectivity index (χ0v) is 12.3. The number of imidazole rings is 1. The van der Waals surface area contributed by atoms with Crippen molar-refractivity contribution < 1.29 is 31.1 Å². The number of fused-ring (bicyclic) bond motifs is 1. The molecule has 0 fully saturated rings. The quantitative estimate of drug-likeness (QED) is 0.801. The summed E-state index contributed by atoms with van der Waals surface area (Å²) in [6.45, 7) is 1.35. The number of pyridine rings is 1. The van der Waals surface area contributed by atoms with E-state index in [1.165, 1.54) is 6.92 Å². The second kappa shape index (κ2) is 5.27. The molecule has 0 radical (unpaired) electrons. The summed E-state index contributed by atoms with van der Waals surface area (Å²) in [5.41, 5.74) is -1.84. The van der Waals surface area contributed by atoms with Crippen molar-refractivity contribution in [2.75, 3.05) is 12.9 Å². The summed E-state index contributed by atoms with van der Waals surface area (Å²) in [4.78, 5) is 15.3. The molecule has 0 saturated heterocycles. The van der Waals surface area contributed by atoms with Crippen molar-refractivity contribution in [1.29, 1.82) is 0 Å². The molecular formula is C12H11F3N2O4S.